The van der Waals surface area contributed by atoms with Crippen molar-refractivity contribution in [3.63, 3.8) is 0 Å². The molecule has 0 saturated heterocycles. The highest BCUT2D eigenvalue weighted by Gasteiger charge is 2.20. The average Bonchev–Trinajstić information content (AvgIpc) is 3.26. The molecular formula is C18H21NO. The lowest BCUT2D eigenvalue weighted by Gasteiger charge is -2.12. The minimum atomic E-state index is 0.733. The summed E-state index contributed by atoms with van der Waals surface area (Å²) >= 11 is 0. The SMILES string of the molecule is Cc1ccccc1Oc1cc(CNC2CC2)ccc1C. The van der Waals surface area contributed by atoms with Crippen LogP contribution in [-0.4, -0.2) is 6.04 Å². The molecule has 104 valence electrons. The van der Waals surface area contributed by atoms with E-state index in [0.29, 0.717) is 0 Å². The topological polar surface area (TPSA) is 21.3 Å². The van der Waals surface area contributed by atoms with Crippen LogP contribution in [-0.2, 0) is 6.54 Å². The van der Waals surface area contributed by atoms with E-state index in [9.17, 15) is 0 Å². The Morgan fingerprint density at radius 2 is 1.75 bits per heavy atom. The van der Waals surface area contributed by atoms with Crippen LogP contribution in [0.5, 0.6) is 11.5 Å². The van der Waals surface area contributed by atoms with Gasteiger partial charge in [0.1, 0.15) is 11.5 Å². The quantitative estimate of drug-likeness (QED) is 0.869. The first-order chi connectivity index (χ1) is 9.72. The molecule has 0 aromatic heterocycles. The molecule has 0 aliphatic heterocycles. The van der Waals surface area contributed by atoms with Crippen molar-refractivity contribution in [3.8, 4) is 11.5 Å². The van der Waals surface area contributed by atoms with Crippen LogP contribution in [0.15, 0.2) is 42.5 Å². The summed E-state index contributed by atoms with van der Waals surface area (Å²) in [6.45, 7) is 5.09. The van der Waals surface area contributed by atoms with Crippen molar-refractivity contribution in [2.75, 3.05) is 0 Å². The van der Waals surface area contributed by atoms with Gasteiger partial charge in [0.25, 0.3) is 0 Å². The van der Waals surface area contributed by atoms with Crippen LogP contribution in [0.1, 0.15) is 29.5 Å². The fourth-order valence-corrected chi connectivity index (χ4v) is 2.20. The first kappa shape index (κ1) is 13.2. The summed E-state index contributed by atoms with van der Waals surface area (Å²) < 4.78 is 6.08. The van der Waals surface area contributed by atoms with Crippen LogP contribution >= 0.6 is 0 Å². The number of nitrogens with one attached hydrogen (secondary N) is 1. The Bertz CT molecular complexity index is 602. The van der Waals surface area contributed by atoms with Crippen LogP contribution in [0.2, 0.25) is 0 Å². The molecule has 2 heteroatoms. The molecule has 1 saturated carbocycles. The van der Waals surface area contributed by atoms with E-state index in [1.54, 1.807) is 0 Å². The fourth-order valence-electron chi connectivity index (χ4n) is 2.20. The van der Waals surface area contributed by atoms with E-state index in [2.05, 4.69) is 43.4 Å². The molecule has 0 bridgehead atoms. The van der Waals surface area contributed by atoms with Crippen molar-refractivity contribution in [2.45, 2.75) is 39.3 Å². The molecule has 3 rings (SSSR count). The molecule has 2 aromatic rings. The molecular weight excluding hydrogens is 246 g/mol. The zero-order chi connectivity index (χ0) is 13.9. The summed E-state index contributed by atoms with van der Waals surface area (Å²) in [5.74, 6) is 1.89. The maximum absolute atomic E-state index is 6.08. The molecule has 0 atom stereocenters. The van der Waals surface area contributed by atoms with Gasteiger partial charge in [-0.1, -0.05) is 30.3 Å². The highest BCUT2D eigenvalue weighted by Crippen LogP contribution is 2.28. The second kappa shape index (κ2) is 5.68. The minimum absolute atomic E-state index is 0.733. The molecule has 0 spiro atoms. The van der Waals surface area contributed by atoms with Crippen molar-refractivity contribution in [2.24, 2.45) is 0 Å². The van der Waals surface area contributed by atoms with Gasteiger partial charge in [0.05, 0.1) is 0 Å². The number of aryl methyl sites for hydroxylation is 2. The van der Waals surface area contributed by atoms with Crippen LogP contribution in [0, 0.1) is 13.8 Å². The zero-order valence-corrected chi connectivity index (χ0v) is 12.1. The number of benzene rings is 2. The molecule has 0 radical (unpaired) electrons. The van der Waals surface area contributed by atoms with E-state index in [-0.39, 0.29) is 0 Å². The van der Waals surface area contributed by atoms with E-state index >= 15 is 0 Å². The van der Waals surface area contributed by atoms with Gasteiger partial charge in [-0.15, -0.1) is 0 Å². The largest absolute Gasteiger partial charge is 0.457 e. The first-order valence-electron chi connectivity index (χ1n) is 7.29. The molecule has 0 unspecified atom stereocenters. The highest BCUT2D eigenvalue weighted by molar-refractivity contribution is 5.42. The Morgan fingerprint density at radius 1 is 1.00 bits per heavy atom. The van der Waals surface area contributed by atoms with Gasteiger partial charge in [-0.05, 0) is 55.5 Å². The van der Waals surface area contributed by atoms with Gasteiger partial charge in [-0.3, -0.25) is 0 Å². The standard InChI is InChI=1S/C18H21NO/c1-13-5-3-4-6-17(13)20-18-11-15(8-7-14(18)2)12-19-16-9-10-16/h3-8,11,16,19H,9-10,12H2,1-2H3. The number of rotatable bonds is 5. The van der Waals surface area contributed by atoms with Crippen LogP contribution in [0.4, 0.5) is 0 Å². The molecule has 1 fully saturated rings. The summed E-state index contributed by atoms with van der Waals surface area (Å²) in [6.07, 6.45) is 2.64. The molecule has 0 heterocycles. The normalized spacial score (nSPS) is 14.3. The third-order valence-electron chi connectivity index (χ3n) is 3.74. The third-order valence-corrected chi connectivity index (χ3v) is 3.74. The highest BCUT2D eigenvalue weighted by atomic mass is 16.5. The number of ether oxygens (including phenoxy) is 1. The molecule has 2 aromatic carbocycles. The van der Waals surface area contributed by atoms with Crippen LogP contribution in [0.3, 0.4) is 0 Å². The van der Waals surface area contributed by atoms with Gasteiger partial charge in [-0.2, -0.15) is 0 Å². The lowest BCUT2D eigenvalue weighted by molar-refractivity contribution is 0.474. The smallest absolute Gasteiger partial charge is 0.130 e. The van der Waals surface area contributed by atoms with Gasteiger partial charge in [0.2, 0.25) is 0 Å². The summed E-state index contributed by atoms with van der Waals surface area (Å²) in [5.41, 5.74) is 3.61. The Morgan fingerprint density at radius 3 is 2.50 bits per heavy atom. The predicted molar refractivity (Wildman–Crippen MR) is 82.3 cm³/mol. The van der Waals surface area contributed by atoms with Crippen molar-refractivity contribution in [1.29, 1.82) is 0 Å². The Balaban J connectivity index is 1.77. The molecule has 1 aliphatic rings. The van der Waals surface area contributed by atoms with Crippen molar-refractivity contribution in [3.05, 3.63) is 59.2 Å². The van der Waals surface area contributed by atoms with E-state index < -0.39 is 0 Å². The maximum Gasteiger partial charge on any atom is 0.130 e. The van der Waals surface area contributed by atoms with E-state index in [0.717, 1.165) is 29.6 Å². The van der Waals surface area contributed by atoms with Crippen LogP contribution < -0.4 is 10.1 Å². The third kappa shape index (κ3) is 3.20. The molecule has 1 aliphatic carbocycles. The van der Waals surface area contributed by atoms with E-state index in [1.165, 1.54) is 24.0 Å². The van der Waals surface area contributed by atoms with Gasteiger partial charge >= 0.3 is 0 Å². The van der Waals surface area contributed by atoms with Gasteiger partial charge in [-0.25, -0.2) is 0 Å². The summed E-state index contributed by atoms with van der Waals surface area (Å²) in [5, 5.41) is 3.54. The number of para-hydroxylation sites is 1. The molecule has 0 amide bonds. The molecule has 1 N–H and O–H groups in total. The number of hydrogen-bond donors (Lipinski definition) is 1. The Labute approximate surface area is 120 Å². The summed E-state index contributed by atoms with van der Waals surface area (Å²) in [7, 11) is 0. The summed E-state index contributed by atoms with van der Waals surface area (Å²) in [4.78, 5) is 0. The molecule has 2 nitrogen and oxygen atoms in total. The lowest BCUT2D eigenvalue weighted by Crippen LogP contribution is -2.15. The first-order valence-corrected chi connectivity index (χ1v) is 7.29. The van der Waals surface area contributed by atoms with E-state index in [4.69, 9.17) is 4.74 Å². The van der Waals surface area contributed by atoms with E-state index in [1.807, 2.05) is 18.2 Å². The van der Waals surface area contributed by atoms with Crippen molar-refractivity contribution >= 4 is 0 Å². The maximum atomic E-state index is 6.08. The fraction of sp³-hybridized carbons (Fsp3) is 0.333. The second-order valence-corrected chi connectivity index (χ2v) is 5.62. The minimum Gasteiger partial charge on any atom is -0.457 e. The van der Waals surface area contributed by atoms with Gasteiger partial charge in [0.15, 0.2) is 0 Å². The molecule has 20 heavy (non-hydrogen) atoms. The average molecular weight is 267 g/mol. The Hall–Kier alpha value is -1.80. The second-order valence-electron chi connectivity index (χ2n) is 5.62. The zero-order valence-electron chi connectivity index (χ0n) is 12.1. The number of hydrogen-bond acceptors (Lipinski definition) is 2. The van der Waals surface area contributed by atoms with Gasteiger partial charge < -0.3 is 10.1 Å². The monoisotopic (exact) mass is 267 g/mol. The summed E-state index contributed by atoms with van der Waals surface area (Å²) in [6, 6.07) is 15.3. The van der Waals surface area contributed by atoms with Gasteiger partial charge in [0, 0.05) is 12.6 Å². The predicted octanol–water partition coefficient (Wildman–Crippen LogP) is 4.35. The lowest BCUT2D eigenvalue weighted by atomic mass is 10.1. The Kier molecular flexibility index (Phi) is 3.75. The van der Waals surface area contributed by atoms with Crippen molar-refractivity contribution < 1.29 is 4.74 Å². The van der Waals surface area contributed by atoms with Crippen molar-refractivity contribution in [1.82, 2.24) is 5.32 Å². The van der Waals surface area contributed by atoms with Crippen LogP contribution in [0.25, 0.3) is 0 Å².